The fourth-order valence-corrected chi connectivity index (χ4v) is 1.97. The molecule has 1 unspecified atom stereocenters. The van der Waals surface area contributed by atoms with Crippen LogP contribution in [0.5, 0.6) is 0 Å². The molecule has 1 aromatic carbocycles. The molecule has 0 fully saturated rings. The van der Waals surface area contributed by atoms with Gasteiger partial charge in [-0.2, -0.15) is 5.10 Å². The van der Waals surface area contributed by atoms with Gasteiger partial charge in [-0.25, -0.2) is 0 Å². The van der Waals surface area contributed by atoms with Crippen molar-refractivity contribution in [1.29, 1.82) is 0 Å². The lowest BCUT2D eigenvalue weighted by atomic mass is 10.0. The van der Waals surface area contributed by atoms with Gasteiger partial charge >= 0.3 is 0 Å². The SMILES string of the molecule is Cn1ncc(C(O)c2cc(Cl)ccc2Cl)c1N. The lowest BCUT2D eigenvalue weighted by Gasteiger charge is -2.12. The number of halogens is 2. The first-order valence-electron chi connectivity index (χ1n) is 4.91. The van der Waals surface area contributed by atoms with E-state index in [1.54, 1.807) is 25.2 Å². The minimum absolute atomic E-state index is 0.397. The van der Waals surface area contributed by atoms with E-state index in [0.29, 0.717) is 27.0 Å². The molecule has 0 radical (unpaired) electrons. The summed E-state index contributed by atoms with van der Waals surface area (Å²) in [6.45, 7) is 0. The van der Waals surface area contributed by atoms with Gasteiger partial charge in [-0.15, -0.1) is 0 Å². The number of aromatic nitrogens is 2. The number of nitrogens with zero attached hydrogens (tertiary/aromatic N) is 2. The van der Waals surface area contributed by atoms with Gasteiger partial charge < -0.3 is 10.8 Å². The van der Waals surface area contributed by atoms with Crippen LogP contribution in [0.1, 0.15) is 17.2 Å². The number of hydrogen-bond donors (Lipinski definition) is 2. The molecule has 0 saturated carbocycles. The number of benzene rings is 1. The molecule has 0 aliphatic heterocycles. The van der Waals surface area contributed by atoms with Crippen molar-refractivity contribution in [2.75, 3.05) is 5.73 Å². The van der Waals surface area contributed by atoms with Crippen LogP contribution >= 0.6 is 23.2 Å². The third kappa shape index (κ3) is 2.24. The van der Waals surface area contributed by atoms with Crippen molar-refractivity contribution in [2.45, 2.75) is 6.10 Å². The van der Waals surface area contributed by atoms with Gasteiger partial charge in [0.15, 0.2) is 0 Å². The quantitative estimate of drug-likeness (QED) is 0.882. The zero-order valence-corrected chi connectivity index (χ0v) is 10.6. The highest BCUT2D eigenvalue weighted by Crippen LogP contribution is 2.32. The van der Waals surface area contributed by atoms with Crippen LogP contribution in [0.3, 0.4) is 0 Å². The molecular formula is C11H11Cl2N3O. The van der Waals surface area contributed by atoms with Crippen LogP contribution in [0, 0.1) is 0 Å². The molecule has 3 N–H and O–H groups in total. The second kappa shape index (κ2) is 4.56. The summed E-state index contributed by atoms with van der Waals surface area (Å²) in [6.07, 6.45) is 0.576. The molecule has 0 aliphatic rings. The molecule has 0 aliphatic carbocycles. The smallest absolute Gasteiger partial charge is 0.127 e. The van der Waals surface area contributed by atoms with E-state index < -0.39 is 6.10 Å². The van der Waals surface area contributed by atoms with Crippen LogP contribution in [0.15, 0.2) is 24.4 Å². The maximum atomic E-state index is 10.2. The Bertz CT molecular complexity index is 554. The summed E-state index contributed by atoms with van der Waals surface area (Å²) >= 11 is 11.9. The number of aryl methyl sites for hydroxylation is 1. The minimum atomic E-state index is -0.935. The molecule has 1 atom stereocenters. The van der Waals surface area contributed by atoms with E-state index >= 15 is 0 Å². The number of nitrogen functional groups attached to an aromatic ring is 1. The second-order valence-corrected chi connectivity index (χ2v) is 4.52. The van der Waals surface area contributed by atoms with Crippen LogP contribution in [-0.4, -0.2) is 14.9 Å². The van der Waals surface area contributed by atoms with E-state index in [-0.39, 0.29) is 0 Å². The Morgan fingerprint density at radius 3 is 2.65 bits per heavy atom. The molecule has 4 nitrogen and oxygen atoms in total. The Hall–Kier alpha value is -1.23. The maximum absolute atomic E-state index is 10.2. The number of anilines is 1. The van der Waals surface area contributed by atoms with Gasteiger partial charge in [0, 0.05) is 28.2 Å². The van der Waals surface area contributed by atoms with Crippen LogP contribution in [-0.2, 0) is 7.05 Å². The Kier molecular flexibility index (Phi) is 3.28. The summed E-state index contributed by atoms with van der Waals surface area (Å²) in [5.74, 6) is 0.397. The first kappa shape index (κ1) is 12.2. The lowest BCUT2D eigenvalue weighted by molar-refractivity contribution is 0.221. The van der Waals surface area contributed by atoms with Gasteiger partial charge in [0.1, 0.15) is 11.9 Å². The minimum Gasteiger partial charge on any atom is -0.384 e. The van der Waals surface area contributed by atoms with Crippen LogP contribution < -0.4 is 5.73 Å². The maximum Gasteiger partial charge on any atom is 0.127 e. The van der Waals surface area contributed by atoms with Crippen LogP contribution in [0.2, 0.25) is 10.0 Å². The predicted molar refractivity (Wildman–Crippen MR) is 68.1 cm³/mol. The van der Waals surface area contributed by atoms with E-state index in [2.05, 4.69) is 5.10 Å². The van der Waals surface area contributed by atoms with E-state index in [4.69, 9.17) is 28.9 Å². The summed E-state index contributed by atoms with van der Waals surface area (Å²) in [6, 6.07) is 4.91. The highest BCUT2D eigenvalue weighted by molar-refractivity contribution is 6.33. The first-order valence-corrected chi connectivity index (χ1v) is 5.66. The summed E-state index contributed by atoms with van der Waals surface area (Å²) < 4.78 is 1.48. The third-order valence-corrected chi connectivity index (χ3v) is 3.14. The van der Waals surface area contributed by atoms with Crippen molar-refractivity contribution in [3.63, 3.8) is 0 Å². The average Bonchev–Trinajstić information content (AvgIpc) is 2.62. The molecule has 2 rings (SSSR count). The van der Waals surface area contributed by atoms with Gasteiger partial charge in [-0.05, 0) is 18.2 Å². The predicted octanol–water partition coefficient (Wildman–Crippen LogP) is 2.39. The number of hydrogen-bond acceptors (Lipinski definition) is 3. The lowest BCUT2D eigenvalue weighted by Crippen LogP contribution is -2.05. The number of aliphatic hydroxyl groups is 1. The zero-order valence-electron chi connectivity index (χ0n) is 9.06. The molecule has 6 heteroatoms. The highest BCUT2D eigenvalue weighted by Gasteiger charge is 2.19. The van der Waals surface area contributed by atoms with Gasteiger partial charge in [-0.1, -0.05) is 23.2 Å². The second-order valence-electron chi connectivity index (χ2n) is 3.68. The molecule has 0 saturated heterocycles. The van der Waals surface area contributed by atoms with E-state index in [0.717, 1.165) is 0 Å². The molecule has 2 aromatic rings. The highest BCUT2D eigenvalue weighted by atomic mass is 35.5. The average molecular weight is 272 g/mol. The standard InChI is InChI=1S/C11H11Cl2N3O/c1-16-11(14)8(5-15-16)10(17)7-4-6(12)2-3-9(7)13/h2-5,10,17H,14H2,1H3. The molecule has 0 bridgehead atoms. The van der Waals surface area contributed by atoms with E-state index in [9.17, 15) is 5.11 Å². The van der Waals surface area contributed by atoms with Gasteiger partial charge in [0.2, 0.25) is 0 Å². The van der Waals surface area contributed by atoms with Crippen LogP contribution in [0.4, 0.5) is 5.82 Å². The largest absolute Gasteiger partial charge is 0.384 e. The molecule has 1 heterocycles. The monoisotopic (exact) mass is 271 g/mol. The Labute approximate surface area is 109 Å². The van der Waals surface area contributed by atoms with Gasteiger partial charge in [0.05, 0.1) is 6.20 Å². The molecular weight excluding hydrogens is 261 g/mol. The Morgan fingerprint density at radius 1 is 1.35 bits per heavy atom. The fraction of sp³-hybridized carbons (Fsp3) is 0.182. The molecule has 90 valence electrons. The van der Waals surface area contributed by atoms with Crippen molar-refractivity contribution in [1.82, 2.24) is 9.78 Å². The van der Waals surface area contributed by atoms with Crippen LogP contribution in [0.25, 0.3) is 0 Å². The first-order chi connectivity index (χ1) is 8.00. The van der Waals surface area contributed by atoms with Crippen molar-refractivity contribution in [2.24, 2.45) is 7.05 Å². The van der Waals surface area contributed by atoms with Gasteiger partial charge in [0.25, 0.3) is 0 Å². The summed E-state index contributed by atoms with van der Waals surface area (Å²) in [5, 5.41) is 15.1. The fourth-order valence-electron chi connectivity index (χ4n) is 1.57. The zero-order chi connectivity index (χ0) is 12.6. The molecule has 17 heavy (non-hydrogen) atoms. The normalized spacial score (nSPS) is 12.7. The summed E-state index contributed by atoms with van der Waals surface area (Å²) in [4.78, 5) is 0. The topological polar surface area (TPSA) is 64.1 Å². The number of rotatable bonds is 2. The molecule has 0 spiro atoms. The van der Waals surface area contributed by atoms with Crippen molar-refractivity contribution in [3.05, 3.63) is 45.6 Å². The van der Waals surface area contributed by atoms with E-state index in [1.165, 1.54) is 10.9 Å². The van der Waals surface area contributed by atoms with E-state index in [1.807, 2.05) is 0 Å². The van der Waals surface area contributed by atoms with Crippen molar-refractivity contribution >= 4 is 29.0 Å². The Balaban J connectivity index is 2.47. The van der Waals surface area contributed by atoms with Crippen molar-refractivity contribution < 1.29 is 5.11 Å². The Morgan fingerprint density at radius 2 is 2.06 bits per heavy atom. The number of nitrogens with two attached hydrogens (primary N) is 1. The van der Waals surface area contributed by atoms with Gasteiger partial charge in [-0.3, -0.25) is 4.68 Å². The van der Waals surface area contributed by atoms with Crippen molar-refractivity contribution in [3.8, 4) is 0 Å². The summed E-state index contributed by atoms with van der Waals surface area (Å²) in [5.41, 5.74) is 6.82. The third-order valence-electron chi connectivity index (χ3n) is 2.56. The number of aliphatic hydroxyl groups excluding tert-OH is 1. The summed E-state index contributed by atoms with van der Waals surface area (Å²) in [7, 11) is 1.70. The molecule has 0 amide bonds. The molecule has 1 aromatic heterocycles.